The molecule has 1 fully saturated rings. The molecule has 0 unspecified atom stereocenters. The van der Waals surface area contributed by atoms with Gasteiger partial charge in [-0.05, 0) is 54.6 Å². The van der Waals surface area contributed by atoms with Gasteiger partial charge in [-0.25, -0.2) is 4.99 Å². The van der Waals surface area contributed by atoms with Crippen LogP contribution >= 0.6 is 23.4 Å². The molecule has 1 aliphatic heterocycles. The predicted molar refractivity (Wildman–Crippen MR) is 93.8 cm³/mol. The van der Waals surface area contributed by atoms with Crippen LogP contribution in [0, 0.1) is 6.92 Å². The molecule has 0 saturated carbocycles. The second-order valence-electron chi connectivity index (χ2n) is 4.87. The first-order chi connectivity index (χ1) is 10.6. The molecule has 3 rings (SSSR count). The lowest BCUT2D eigenvalue weighted by molar-refractivity contribution is 0.265. The number of aliphatic imine (C=N–C) groups is 1. The minimum Gasteiger partial charge on any atom is -0.300 e. The number of benzene rings is 2. The summed E-state index contributed by atoms with van der Waals surface area (Å²) in [6.07, 6.45) is 1.92. The van der Waals surface area contributed by atoms with E-state index in [0.717, 1.165) is 27.9 Å². The lowest BCUT2D eigenvalue weighted by Crippen LogP contribution is -2.18. The van der Waals surface area contributed by atoms with Crippen molar-refractivity contribution in [3.05, 3.63) is 69.6 Å². The van der Waals surface area contributed by atoms with Crippen LogP contribution in [-0.2, 0) is 0 Å². The fourth-order valence-corrected chi connectivity index (χ4v) is 2.83. The maximum atomic E-state index is 11.7. The number of hydrogen-bond acceptors (Lipinski definition) is 3. The van der Waals surface area contributed by atoms with Gasteiger partial charge in [0.25, 0.3) is 5.24 Å². The highest BCUT2D eigenvalue weighted by molar-refractivity contribution is 8.18. The third kappa shape index (κ3) is 3.59. The summed E-state index contributed by atoms with van der Waals surface area (Å²) >= 11 is 7.03. The maximum absolute atomic E-state index is 11.7. The van der Waals surface area contributed by atoms with Gasteiger partial charge in [0.15, 0.2) is 0 Å². The maximum Gasteiger partial charge on any atom is 0.289 e. The number of thioether (sulfide) groups is 1. The molecular weight excluding hydrogens is 316 g/mol. The minimum atomic E-state index is -0.119. The average molecular weight is 329 g/mol. The number of nitrogens with zero attached hydrogens (tertiary/aromatic N) is 1. The molecule has 110 valence electrons. The molecule has 0 bridgehead atoms. The Morgan fingerprint density at radius 2 is 1.77 bits per heavy atom. The highest BCUT2D eigenvalue weighted by Crippen LogP contribution is 2.28. The van der Waals surface area contributed by atoms with Gasteiger partial charge in [0.2, 0.25) is 0 Å². The van der Waals surface area contributed by atoms with E-state index in [1.165, 1.54) is 5.56 Å². The second kappa shape index (κ2) is 6.38. The van der Waals surface area contributed by atoms with E-state index in [2.05, 4.69) is 10.3 Å². The van der Waals surface area contributed by atoms with Crippen molar-refractivity contribution in [1.82, 2.24) is 5.32 Å². The van der Waals surface area contributed by atoms with Gasteiger partial charge < -0.3 is 5.32 Å². The first-order valence-corrected chi connectivity index (χ1v) is 7.91. The van der Waals surface area contributed by atoms with Gasteiger partial charge in [0.05, 0.1) is 10.6 Å². The Hall–Kier alpha value is -2.04. The summed E-state index contributed by atoms with van der Waals surface area (Å²) in [6.45, 7) is 2.02. The number of amides is 1. The van der Waals surface area contributed by atoms with Crippen LogP contribution in [0.1, 0.15) is 11.1 Å². The first kappa shape index (κ1) is 14.9. The van der Waals surface area contributed by atoms with Crippen molar-refractivity contribution in [2.45, 2.75) is 6.92 Å². The van der Waals surface area contributed by atoms with Crippen molar-refractivity contribution < 1.29 is 4.79 Å². The van der Waals surface area contributed by atoms with Crippen molar-refractivity contribution >= 4 is 46.2 Å². The van der Waals surface area contributed by atoms with E-state index < -0.39 is 0 Å². The number of nitrogens with one attached hydrogen (secondary N) is 1. The molecule has 1 aliphatic rings. The average Bonchev–Trinajstić information content (AvgIpc) is 2.83. The first-order valence-electron chi connectivity index (χ1n) is 6.72. The van der Waals surface area contributed by atoms with E-state index in [1.54, 1.807) is 0 Å². The standard InChI is InChI=1S/C17H13ClN2OS/c1-11-2-8-14(9-3-11)19-16-15(22-17(21)20-16)10-12-4-6-13(18)7-5-12/h2-10H,1H3,(H,19,20,21)/b15-10+. The quantitative estimate of drug-likeness (QED) is 0.825. The zero-order valence-electron chi connectivity index (χ0n) is 11.8. The van der Waals surface area contributed by atoms with Crippen molar-refractivity contribution in [2.24, 2.45) is 4.99 Å². The zero-order chi connectivity index (χ0) is 15.5. The number of aryl methyl sites for hydroxylation is 1. The number of rotatable bonds is 2. The molecule has 0 aromatic heterocycles. The van der Waals surface area contributed by atoms with E-state index in [-0.39, 0.29) is 5.24 Å². The summed E-state index contributed by atoms with van der Waals surface area (Å²) in [6, 6.07) is 15.3. The summed E-state index contributed by atoms with van der Waals surface area (Å²) in [7, 11) is 0. The summed E-state index contributed by atoms with van der Waals surface area (Å²) in [4.78, 5) is 17.0. The van der Waals surface area contributed by atoms with Crippen molar-refractivity contribution in [3.63, 3.8) is 0 Å². The Morgan fingerprint density at radius 1 is 1.09 bits per heavy atom. The van der Waals surface area contributed by atoms with E-state index in [4.69, 9.17) is 11.6 Å². The number of halogens is 1. The molecule has 2 aromatic carbocycles. The Bertz CT molecular complexity index is 699. The molecular formula is C17H13ClN2OS. The normalized spacial score (nSPS) is 18.0. The molecule has 2 aromatic rings. The van der Waals surface area contributed by atoms with Crippen molar-refractivity contribution in [3.8, 4) is 0 Å². The van der Waals surface area contributed by atoms with Crippen LogP contribution in [0.3, 0.4) is 0 Å². The lowest BCUT2D eigenvalue weighted by atomic mass is 10.2. The fourth-order valence-electron chi connectivity index (χ4n) is 1.97. The van der Waals surface area contributed by atoms with Crippen LogP contribution in [0.4, 0.5) is 10.5 Å². The van der Waals surface area contributed by atoms with E-state index >= 15 is 0 Å². The minimum absolute atomic E-state index is 0.119. The summed E-state index contributed by atoms with van der Waals surface area (Å²) in [5.74, 6) is 0.578. The third-order valence-electron chi connectivity index (χ3n) is 3.10. The number of hydrogen-bond donors (Lipinski definition) is 1. The van der Waals surface area contributed by atoms with E-state index in [9.17, 15) is 4.79 Å². The molecule has 3 nitrogen and oxygen atoms in total. The molecule has 1 heterocycles. The van der Waals surface area contributed by atoms with Gasteiger partial charge in [0.1, 0.15) is 5.84 Å². The smallest absolute Gasteiger partial charge is 0.289 e. The Labute approximate surface area is 138 Å². The third-order valence-corrected chi connectivity index (χ3v) is 4.17. The highest BCUT2D eigenvalue weighted by atomic mass is 35.5. The molecule has 0 spiro atoms. The molecule has 0 aliphatic carbocycles. The van der Waals surface area contributed by atoms with Crippen LogP contribution in [0.25, 0.3) is 6.08 Å². The SMILES string of the molecule is Cc1ccc(N=C2NC(=O)S/C2=C/c2ccc(Cl)cc2)cc1. The van der Waals surface area contributed by atoms with E-state index in [0.29, 0.717) is 10.9 Å². The number of carbonyl (C=O) groups excluding carboxylic acids is 1. The zero-order valence-corrected chi connectivity index (χ0v) is 13.4. The molecule has 1 saturated heterocycles. The van der Waals surface area contributed by atoms with Gasteiger partial charge in [-0.15, -0.1) is 0 Å². The Kier molecular flexibility index (Phi) is 4.32. The van der Waals surface area contributed by atoms with Gasteiger partial charge >= 0.3 is 0 Å². The van der Waals surface area contributed by atoms with Crippen LogP contribution in [0.15, 0.2) is 58.4 Å². The second-order valence-corrected chi connectivity index (χ2v) is 6.32. The van der Waals surface area contributed by atoms with E-state index in [1.807, 2.05) is 61.5 Å². The topological polar surface area (TPSA) is 41.5 Å². The number of amidine groups is 1. The summed E-state index contributed by atoms with van der Waals surface area (Å²) in [5, 5.41) is 3.34. The van der Waals surface area contributed by atoms with Crippen LogP contribution in [-0.4, -0.2) is 11.1 Å². The lowest BCUT2D eigenvalue weighted by Gasteiger charge is -2.01. The fraction of sp³-hybridized carbons (Fsp3) is 0.0588. The van der Waals surface area contributed by atoms with Crippen LogP contribution < -0.4 is 5.32 Å². The highest BCUT2D eigenvalue weighted by Gasteiger charge is 2.23. The van der Waals surface area contributed by atoms with Crippen molar-refractivity contribution in [2.75, 3.05) is 0 Å². The molecule has 0 radical (unpaired) electrons. The molecule has 0 atom stereocenters. The molecule has 1 amide bonds. The van der Waals surface area contributed by atoms with Crippen LogP contribution in [0.5, 0.6) is 0 Å². The van der Waals surface area contributed by atoms with Crippen molar-refractivity contribution in [1.29, 1.82) is 0 Å². The Balaban J connectivity index is 1.93. The van der Waals surface area contributed by atoms with Gasteiger partial charge in [-0.2, -0.15) is 0 Å². The molecule has 1 N–H and O–H groups in total. The predicted octanol–water partition coefficient (Wildman–Crippen LogP) is 5.18. The Morgan fingerprint density at radius 3 is 2.45 bits per heavy atom. The van der Waals surface area contributed by atoms with Crippen LogP contribution in [0.2, 0.25) is 5.02 Å². The van der Waals surface area contributed by atoms with Gasteiger partial charge in [-0.3, -0.25) is 4.79 Å². The largest absolute Gasteiger partial charge is 0.300 e. The molecule has 5 heteroatoms. The van der Waals surface area contributed by atoms with Gasteiger partial charge in [-0.1, -0.05) is 41.4 Å². The molecule has 22 heavy (non-hydrogen) atoms. The summed E-state index contributed by atoms with van der Waals surface area (Å²) in [5.41, 5.74) is 2.95. The summed E-state index contributed by atoms with van der Waals surface area (Å²) < 4.78 is 0. The van der Waals surface area contributed by atoms with Gasteiger partial charge in [0, 0.05) is 5.02 Å². The number of carbonyl (C=O) groups is 1. The monoisotopic (exact) mass is 328 g/mol.